The molecule has 0 aliphatic heterocycles. The summed E-state index contributed by atoms with van der Waals surface area (Å²) < 4.78 is 5.20. The van der Waals surface area contributed by atoms with Gasteiger partial charge in [0.05, 0.1) is 0 Å². The van der Waals surface area contributed by atoms with Crippen molar-refractivity contribution in [1.29, 1.82) is 0 Å². The summed E-state index contributed by atoms with van der Waals surface area (Å²) in [6.07, 6.45) is 27.0. The quantitative estimate of drug-likeness (QED) is 0.119. The summed E-state index contributed by atoms with van der Waals surface area (Å²) in [5.41, 5.74) is 0. The van der Waals surface area contributed by atoms with Gasteiger partial charge in [0.1, 0.15) is 0 Å². The van der Waals surface area contributed by atoms with Gasteiger partial charge >= 0.3 is 169 Å². The third-order valence-electron chi connectivity index (χ3n) is 5.90. The van der Waals surface area contributed by atoms with E-state index in [-0.39, 0.29) is 0 Å². The van der Waals surface area contributed by atoms with Gasteiger partial charge in [-0.15, -0.1) is 0 Å². The molecule has 0 unspecified atom stereocenters. The van der Waals surface area contributed by atoms with Gasteiger partial charge in [0.2, 0.25) is 0 Å². The van der Waals surface area contributed by atoms with E-state index in [4.69, 9.17) is 0 Å². The Hall–Kier alpha value is 0.799. The van der Waals surface area contributed by atoms with Crippen molar-refractivity contribution in [3.8, 4) is 0 Å². The molecule has 0 heterocycles. The molecule has 0 aliphatic carbocycles. The Bertz CT molecular complexity index is 188. The summed E-state index contributed by atoms with van der Waals surface area (Å²) in [7, 11) is 0. The van der Waals surface area contributed by atoms with Gasteiger partial charge in [-0.3, -0.25) is 0 Å². The van der Waals surface area contributed by atoms with Crippen molar-refractivity contribution in [2.45, 2.75) is 150 Å². The first kappa shape index (κ1) is 25.8. The predicted molar refractivity (Wildman–Crippen MR) is 122 cm³/mol. The summed E-state index contributed by atoms with van der Waals surface area (Å²) in [4.78, 5) is 0. The molecule has 0 atom stereocenters. The molecule has 0 aromatic carbocycles. The molecule has 0 spiro atoms. The molecule has 1 heteroatoms. The molecule has 0 aromatic heterocycles. The summed E-state index contributed by atoms with van der Waals surface area (Å²) in [6.45, 7) is 6.98. The molecule has 0 amide bonds. The van der Waals surface area contributed by atoms with Gasteiger partial charge in [-0.05, 0) is 0 Å². The minimum atomic E-state index is -1.16. The molecular weight excluding hydrogens is 407 g/mol. The zero-order chi connectivity index (χ0) is 18.4. The molecule has 0 saturated heterocycles. The Labute approximate surface area is 169 Å². The number of hydrogen-bond acceptors (Lipinski definition) is 0. The van der Waals surface area contributed by atoms with Gasteiger partial charge < -0.3 is 0 Å². The van der Waals surface area contributed by atoms with Crippen LogP contribution in [0.1, 0.15) is 136 Å². The van der Waals surface area contributed by atoms with E-state index in [0.29, 0.717) is 0 Å². The van der Waals surface area contributed by atoms with Crippen LogP contribution in [0.3, 0.4) is 0 Å². The fourth-order valence-electron chi connectivity index (χ4n) is 4.07. The van der Waals surface area contributed by atoms with E-state index in [1.54, 1.807) is 51.8 Å². The molecule has 0 aliphatic rings. The van der Waals surface area contributed by atoms with Crippen LogP contribution in [0.15, 0.2) is 0 Å². The van der Waals surface area contributed by atoms with Crippen LogP contribution >= 0.6 is 0 Å². The molecule has 0 fully saturated rings. The molecule has 25 heavy (non-hydrogen) atoms. The van der Waals surface area contributed by atoms with Crippen LogP contribution in [0.4, 0.5) is 0 Å². The van der Waals surface area contributed by atoms with Crippen molar-refractivity contribution in [2.24, 2.45) is 0 Å². The number of hydrogen-bond donors (Lipinski definition) is 0. The van der Waals surface area contributed by atoms with Gasteiger partial charge in [-0.1, -0.05) is 0 Å². The van der Waals surface area contributed by atoms with E-state index < -0.39 is 19.8 Å². The van der Waals surface area contributed by atoms with Crippen LogP contribution in [0, 0.1) is 0 Å². The van der Waals surface area contributed by atoms with Crippen molar-refractivity contribution in [2.75, 3.05) is 0 Å². The Morgan fingerprint density at radius 2 is 0.560 bits per heavy atom. The van der Waals surface area contributed by atoms with Gasteiger partial charge in [0.15, 0.2) is 0 Å². The first-order valence-corrected chi connectivity index (χ1v) is 19.3. The first-order valence-electron chi connectivity index (χ1n) is 12.3. The fraction of sp³-hybridized carbons (Fsp3) is 1.00. The molecular formula is C24H52Sn. The summed E-state index contributed by atoms with van der Waals surface area (Å²) >= 11 is -1.16. The monoisotopic (exact) mass is 460 g/mol. The van der Waals surface area contributed by atoms with Gasteiger partial charge in [-0.25, -0.2) is 0 Å². The second kappa shape index (κ2) is 22.8. The molecule has 0 nitrogen and oxygen atoms in total. The Balaban J connectivity index is 3.76. The van der Waals surface area contributed by atoms with Crippen molar-refractivity contribution in [1.82, 2.24) is 0 Å². The van der Waals surface area contributed by atoms with Gasteiger partial charge in [0.25, 0.3) is 0 Å². The molecule has 0 bridgehead atoms. The summed E-state index contributed by atoms with van der Waals surface area (Å²) in [6, 6.07) is 0. The van der Waals surface area contributed by atoms with E-state index >= 15 is 0 Å². The zero-order valence-corrected chi connectivity index (χ0v) is 21.7. The maximum atomic E-state index is 2.33. The van der Waals surface area contributed by atoms with Crippen molar-refractivity contribution < 1.29 is 0 Å². The van der Waals surface area contributed by atoms with Gasteiger partial charge in [0, 0.05) is 0 Å². The molecule has 0 saturated carbocycles. The normalized spacial score (nSPS) is 11.5. The van der Waals surface area contributed by atoms with Gasteiger partial charge in [-0.2, -0.15) is 0 Å². The summed E-state index contributed by atoms with van der Waals surface area (Å²) in [5, 5.41) is 0. The van der Waals surface area contributed by atoms with Crippen LogP contribution in [0.2, 0.25) is 13.3 Å². The first-order chi connectivity index (χ1) is 12.3. The topological polar surface area (TPSA) is 0 Å². The Morgan fingerprint density at radius 3 is 0.840 bits per heavy atom. The number of rotatable bonds is 21. The standard InChI is InChI=1S/3C8H17.Sn.H/c3*1-3-5-7-8-6-4-2;;/h3*1,3-8H2,2H3;;. The van der Waals surface area contributed by atoms with E-state index in [1.165, 1.54) is 77.0 Å². The Morgan fingerprint density at radius 1 is 0.320 bits per heavy atom. The minimum absolute atomic E-state index is 1.16. The van der Waals surface area contributed by atoms with Crippen LogP contribution in [-0.4, -0.2) is 19.8 Å². The third-order valence-corrected chi connectivity index (χ3v) is 16.4. The Kier molecular flexibility index (Phi) is 23.6. The number of unbranched alkanes of at least 4 members (excludes halogenated alkanes) is 15. The maximum absolute atomic E-state index is 2.33. The van der Waals surface area contributed by atoms with E-state index in [0.717, 1.165) is 0 Å². The van der Waals surface area contributed by atoms with E-state index in [9.17, 15) is 0 Å². The second-order valence-electron chi connectivity index (χ2n) is 8.54. The van der Waals surface area contributed by atoms with Crippen LogP contribution in [0.25, 0.3) is 0 Å². The average molecular weight is 459 g/mol. The molecule has 0 rings (SSSR count). The van der Waals surface area contributed by atoms with Crippen LogP contribution < -0.4 is 0 Å². The molecule has 0 aromatic rings. The van der Waals surface area contributed by atoms with Crippen molar-refractivity contribution >= 4 is 19.8 Å². The third kappa shape index (κ3) is 21.0. The second-order valence-corrected chi connectivity index (χ2v) is 18.4. The van der Waals surface area contributed by atoms with Crippen LogP contribution in [0.5, 0.6) is 0 Å². The molecule has 0 radical (unpaired) electrons. The van der Waals surface area contributed by atoms with Crippen molar-refractivity contribution in [3.05, 3.63) is 0 Å². The average Bonchev–Trinajstić information content (AvgIpc) is 2.63. The predicted octanol–water partition coefficient (Wildman–Crippen LogP) is 9.29. The van der Waals surface area contributed by atoms with E-state index in [2.05, 4.69) is 20.8 Å². The zero-order valence-electron chi connectivity index (χ0n) is 18.4. The van der Waals surface area contributed by atoms with E-state index in [1.807, 2.05) is 0 Å². The summed E-state index contributed by atoms with van der Waals surface area (Å²) in [5.74, 6) is 0. The fourth-order valence-corrected chi connectivity index (χ4v) is 14.0. The molecule has 0 N–H and O–H groups in total. The van der Waals surface area contributed by atoms with Crippen molar-refractivity contribution in [3.63, 3.8) is 0 Å². The van der Waals surface area contributed by atoms with Crippen LogP contribution in [-0.2, 0) is 0 Å². The molecule has 152 valence electrons. The SMILES string of the molecule is CCCCCCC[CH2][SnH]([CH2]CCCCCCC)[CH2]CCCCCCC.